The monoisotopic (exact) mass is 379 g/mol. The van der Waals surface area contributed by atoms with E-state index in [-0.39, 0.29) is 17.4 Å². The summed E-state index contributed by atoms with van der Waals surface area (Å²) in [7, 11) is 0. The van der Waals surface area contributed by atoms with Crippen LogP contribution >= 0.6 is 0 Å². The summed E-state index contributed by atoms with van der Waals surface area (Å²) in [6.45, 7) is 10.4. The van der Waals surface area contributed by atoms with Gasteiger partial charge in [0.2, 0.25) is 0 Å². The number of carbonyl (C=O) groups excluding carboxylic acids is 1. The van der Waals surface area contributed by atoms with Gasteiger partial charge >= 0.3 is 0 Å². The number of rotatable bonds is 5. The lowest BCUT2D eigenvalue weighted by atomic mass is 9.87. The molecular formula is C25H33NO2. The number of carbonyl (C=O) groups is 1. The van der Waals surface area contributed by atoms with Crippen molar-refractivity contribution in [3.8, 4) is 5.75 Å². The molecule has 1 N–H and O–H groups in total. The molecule has 2 aromatic carbocycles. The number of nitrogens with one attached hydrogen (secondary N) is 1. The van der Waals surface area contributed by atoms with Crippen LogP contribution in [-0.2, 0) is 23.1 Å². The summed E-state index contributed by atoms with van der Waals surface area (Å²) in [6.07, 6.45) is 4.32. The van der Waals surface area contributed by atoms with Crippen LogP contribution in [0, 0.1) is 0 Å². The first-order chi connectivity index (χ1) is 13.2. The van der Waals surface area contributed by atoms with E-state index in [0.29, 0.717) is 0 Å². The Hall–Kier alpha value is -2.29. The smallest absolute Gasteiger partial charge is 0.261 e. The predicted octanol–water partition coefficient (Wildman–Crippen LogP) is 5.51. The summed E-state index contributed by atoms with van der Waals surface area (Å²) in [4.78, 5) is 12.6. The largest absolute Gasteiger partial charge is 0.481 e. The molecule has 0 aromatic heterocycles. The molecule has 0 fully saturated rings. The van der Waals surface area contributed by atoms with Gasteiger partial charge in [-0.3, -0.25) is 4.79 Å². The van der Waals surface area contributed by atoms with E-state index in [4.69, 9.17) is 4.74 Å². The maximum Gasteiger partial charge on any atom is 0.261 e. The number of benzene rings is 2. The van der Waals surface area contributed by atoms with Crippen molar-refractivity contribution in [1.29, 1.82) is 0 Å². The molecule has 0 unspecified atom stereocenters. The maximum atomic E-state index is 12.6. The van der Waals surface area contributed by atoms with Crippen LogP contribution in [0.15, 0.2) is 42.5 Å². The first-order valence-corrected chi connectivity index (χ1v) is 10.4. The van der Waals surface area contributed by atoms with Gasteiger partial charge < -0.3 is 10.1 Å². The van der Waals surface area contributed by atoms with Gasteiger partial charge in [0, 0.05) is 0 Å². The molecule has 3 heteroatoms. The molecule has 3 nitrogen and oxygen atoms in total. The van der Waals surface area contributed by atoms with Gasteiger partial charge in [-0.25, -0.2) is 0 Å². The number of amides is 1. The first kappa shape index (κ1) is 20.4. The number of hydrogen-bond acceptors (Lipinski definition) is 2. The van der Waals surface area contributed by atoms with E-state index in [1.165, 1.54) is 36.0 Å². The van der Waals surface area contributed by atoms with Crippen LogP contribution in [0.5, 0.6) is 5.75 Å². The minimum atomic E-state index is -0.541. The van der Waals surface area contributed by atoms with E-state index in [1.54, 1.807) is 6.92 Å². The highest BCUT2D eigenvalue weighted by Crippen LogP contribution is 2.26. The summed E-state index contributed by atoms with van der Waals surface area (Å²) >= 11 is 0. The second-order valence-corrected chi connectivity index (χ2v) is 9.00. The molecule has 1 aliphatic carbocycles. The van der Waals surface area contributed by atoms with Crippen molar-refractivity contribution >= 4 is 5.91 Å². The predicted molar refractivity (Wildman–Crippen MR) is 115 cm³/mol. The van der Waals surface area contributed by atoms with Crippen molar-refractivity contribution in [2.45, 2.75) is 77.9 Å². The Morgan fingerprint density at radius 1 is 0.964 bits per heavy atom. The molecule has 1 aliphatic rings. The van der Waals surface area contributed by atoms with E-state index in [1.807, 2.05) is 19.1 Å². The van der Waals surface area contributed by atoms with E-state index < -0.39 is 6.10 Å². The highest BCUT2D eigenvalue weighted by molar-refractivity contribution is 5.81. The highest BCUT2D eigenvalue weighted by atomic mass is 16.5. The van der Waals surface area contributed by atoms with Crippen LogP contribution < -0.4 is 10.1 Å². The lowest BCUT2D eigenvalue weighted by Gasteiger charge is -2.22. The molecule has 0 bridgehead atoms. The molecule has 0 spiro atoms. The van der Waals surface area contributed by atoms with Gasteiger partial charge in [0.25, 0.3) is 5.91 Å². The highest BCUT2D eigenvalue weighted by Gasteiger charge is 2.20. The van der Waals surface area contributed by atoms with E-state index in [2.05, 4.69) is 56.4 Å². The summed E-state index contributed by atoms with van der Waals surface area (Å²) < 4.78 is 5.86. The molecule has 0 aliphatic heterocycles. The standard InChI is InChI=1S/C25H33NO2/c1-17(20-11-10-19-8-6-7-9-21(19)16-20)26-24(27)18(2)28-23-14-12-22(13-15-23)25(3,4)5/h10-18H,6-9H2,1-5H3,(H,26,27)/t17-,18+/m1/s1. The minimum Gasteiger partial charge on any atom is -0.481 e. The Balaban J connectivity index is 1.59. The quantitative estimate of drug-likeness (QED) is 0.744. The van der Waals surface area contributed by atoms with Crippen molar-refractivity contribution in [2.75, 3.05) is 0 Å². The van der Waals surface area contributed by atoms with Gasteiger partial charge in [0.15, 0.2) is 6.10 Å². The van der Waals surface area contributed by atoms with Crippen LogP contribution in [0.1, 0.15) is 75.8 Å². The minimum absolute atomic E-state index is 0.0333. The van der Waals surface area contributed by atoms with Gasteiger partial charge in [-0.2, -0.15) is 0 Å². The number of ether oxygens (including phenoxy) is 1. The zero-order valence-electron chi connectivity index (χ0n) is 17.8. The fraction of sp³-hybridized carbons (Fsp3) is 0.480. The van der Waals surface area contributed by atoms with Crippen LogP contribution in [0.3, 0.4) is 0 Å². The molecule has 0 heterocycles. The zero-order chi connectivity index (χ0) is 20.3. The second-order valence-electron chi connectivity index (χ2n) is 9.00. The average molecular weight is 380 g/mol. The van der Waals surface area contributed by atoms with Gasteiger partial charge in [-0.15, -0.1) is 0 Å². The Morgan fingerprint density at radius 2 is 1.61 bits per heavy atom. The van der Waals surface area contributed by atoms with Crippen LogP contribution in [0.4, 0.5) is 0 Å². The normalized spacial score (nSPS) is 16.0. The molecular weight excluding hydrogens is 346 g/mol. The van der Waals surface area contributed by atoms with Crippen molar-refractivity contribution in [2.24, 2.45) is 0 Å². The van der Waals surface area contributed by atoms with Crippen LogP contribution in [-0.4, -0.2) is 12.0 Å². The van der Waals surface area contributed by atoms with E-state index >= 15 is 0 Å². The summed E-state index contributed by atoms with van der Waals surface area (Å²) in [5.41, 5.74) is 5.41. The lowest BCUT2D eigenvalue weighted by Crippen LogP contribution is -2.37. The third-order valence-electron chi connectivity index (χ3n) is 5.63. The Morgan fingerprint density at radius 3 is 2.25 bits per heavy atom. The number of fused-ring (bicyclic) bond motifs is 1. The first-order valence-electron chi connectivity index (χ1n) is 10.4. The Kier molecular flexibility index (Phi) is 6.12. The molecule has 2 atom stereocenters. The molecule has 2 aromatic rings. The second kappa shape index (κ2) is 8.38. The maximum absolute atomic E-state index is 12.6. The van der Waals surface area contributed by atoms with Crippen molar-refractivity contribution in [3.63, 3.8) is 0 Å². The zero-order valence-corrected chi connectivity index (χ0v) is 17.8. The van der Waals surface area contributed by atoms with Gasteiger partial charge in [-0.1, -0.05) is 51.1 Å². The molecule has 150 valence electrons. The van der Waals surface area contributed by atoms with Gasteiger partial charge in [-0.05, 0) is 79.3 Å². The third kappa shape index (κ3) is 4.95. The van der Waals surface area contributed by atoms with E-state index in [9.17, 15) is 4.79 Å². The topological polar surface area (TPSA) is 38.3 Å². The Labute approximate surface area is 169 Å². The SMILES string of the molecule is C[C@H](Oc1ccc(C(C)(C)C)cc1)C(=O)N[C@H](C)c1ccc2c(c1)CCCC2. The van der Waals surface area contributed by atoms with Crippen LogP contribution in [0.2, 0.25) is 0 Å². The molecule has 1 amide bonds. The molecule has 0 saturated heterocycles. The molecule has 28 heavy (non-hydrogen) atoms. The van der Waals surface area contributed by atoms with Crippen LogP contribution in [0.25, 0.3) is 0 Å². The Bertz CT molecular complexity index is 817. The molecule has 3 rings (SSSR count). The number of hydrogen-bond donors (Lipinski definition) is 1. The molecule has 0 radical (unpaired) electrons. The summed E-state index contributed by atoms with van der Waals surface area (Å²) in [6, 6.07) is 14.6. The molecule has 0 saturated carbocycles. The third-order valence-corrected chi connectivity index (χ3v) is 5.63. The average Bonchev–Trinajstić information content (AvgIpc) is 2.67. The summed E-state index contributed by atoms with van der Waals surface area (Å²) in [5, 5.41) is 3.09. The van der Waals surface area contributed by atoms with E-state index in [0.717, 1.165) is 17.7 Å². The van der Waals surface area contributed by atoms with Crippen molar-refractivity contribution < 1.29 is 9.53 Å². The van der Waals surface area contributed by atoms with Crippen molar-refractivity contribution in [3.05, 3.63) is 64.7 Å². The fourth-order valence-electron chi connectivity index (χ4n) is 3.73. The lowest BCUT2D eigenvalue weighted by molar-refractivity contribution is -0.127. The van der Waals surface area contributed by atoms with Crippen molar-refractivity contribution in [1.82, 2.24) is 5.32 Å². The van der Waals surface area contributed by atoms with Gasteiger partial charge in [0.05, 0.1) is 6.04 Å². The number of aryl methyl sites for hydroxylation is 2. The summed E-state index contributed by atoms with van der Waals surface area (Å²) in [5.74, 6) is 0.627. The van der Waals surface area contributed by atoms with Gasteiger partial charge in [0.1, 0.15) is 5.75 Å². The fourth-order valence-corrected chi connectivity index (χ4v) is 3.73.